The lowest BCUT2D eigenvalue weighted by atomic mass is 10.2. The van der Waals surface area contributed by atoms with Crippen LogP contribution in [0.1, 0.15) is 10.4 Å². The Balaban J connectivity index is 2.64. The predicted octanol–water partition coefficient (Wildman–Crippen LogP) is 0.539. The van der Waals surface area contributed by atoms with E-state index in [-0.39, 0.29) is 18.8 Å². The van der Waals surface area contributed by atoms with Crippen LogP contribution in [0.5, 0.6) is 11.5 Å². The highest BCUT2D eigenvalue weighted by Crippen LogP contribution is 2.22. The molecule has 0 heterocycles. The minimum Gasteiger partial charge on any atom is -0.497 e. The second kappa shape index (κ2) is 8.40. The van der Waals surface area contributed by atoms with Gasteiger partial charge in [0.15, 0.2) is 0 Å². The molecule has 0 aliphatic heterocycles. The van der Waals surface area contributed by atoms with Crippen molar-refractivity contribution in [3.63, 3.8) is 0 Å². The standard InChI is InChI=1S/C14H20N2O5S/c1-4-5-16-22(18,19)7-6-15-14(17)11-8-12(20-2)10-13(9-11)21-3/h4,8-10,16H,1,5-7H2,2-3H3,(H,15,17). The van der Waals surface area contributed by atoms with Gasteiger partial charge in [0.2, 0.25) is 10.0 Å². The van der Waals surface area contributed by atoms with Crippen molar-refractivity contribution in [1.82, 2.24) is 10.0 Å². The molecule has 0 aromatic heterocycles. The van der Waals surface area contributed by atoms with Crippen LogP contribution < -0.4 is 19.5 Å². The Morgan fingerprint density at radius 2 is 1.82 bits per heavy atom. The summed E-state index contributed by atoms with van der Waals surface area (Å²) in [4.78, 5) is 12.0. The predicted molar refractivity (Wildman–Crippen MR) is 83.9 cm³/mol. The Morgan fingerprint density at radius 1 is 1.23 bits per heavy atom. The van der Waals surface area contributed by atoms with E-state index < -0.39 is 15.9 Å². The highest BCUT2D eigenvalue weighted by atomic mass is 32.2. The molecule has 0 unspecified atom stereocenters. The summed E-state index contributed by atoms with van der Waals surface area (Å²) in [5.74, 6) is 0.332. The van der Waals surface area contributed by atoms with Crippen molar-refractivity contribution in [2.75, 3.05) is 33.1 Å². The van der Waals surface area contributed by atoms with Gasteiger partial charge >= 0.3 is 0 Å². The number of benzene rings is 1. The van der Waals surface area contributed by atoms with Gasteiger partial charge in [-0.1, -0.05) is 6.08 Å². The number of sulfonamides is 1. The summed E-state index contributed by atoms with van der Waals surface area (Å²) in [6, 6.07) is 4.73. The topological polar surface area (TPSA) is 93.7 Å². The lowest BCUT2D eigenvalue weighted by Crippen LogP contribution is -2.34. The fourth-order valence-electron chi connectivity index (χ4n) is 1.60. The molecule has 0 atom stereocenters. The molecule has 0 aliphatic rings. The average molecular weight is 328 g/mol. The van der Waals surface area contributed by atoms with Crippen molar-refractivity contribution in [2.45, 2.75) is 0 Å². The lowest BCUT2D eigenvalue weighted by molar-refractivity contribution is 0.0955. The quantitative estimate of drug-likeness (QED) is 0.645. The number of carbonyl (C=O) groups excluding carboxylic acids is 1. The Hall–Kier alpha value is -2.06. The first-order valence-electron chi connectivity index (χ1n) is 6.51. The van der Waals surface area contributed by atoms with Crippen LogP contribution in [0.3, 0.4) is 0 Å². The molecule has 122 valence electrons. The molecule has 1 rings (SSSR count). The highest BCUT2D eigenvalue weighted by molar-refractivity contribution is 7.89. The average Bonchev–Trinajstić information content (AvgIpc) is 2.52. The minimum atomic E-state index is -3.43. The second-order valence-corrected chi connectivity index (χ2v) is 6.24. The molecule has 1 amide bonds. The van der Waals surface area contributed by atoms with E-state index in [9.17, 15) is 13.2 Å². The monoisotopic (exact) mass is 328 g/mol. The molecule has 22 heavy (non-hydrogen) atoms. The van der Waals surface area contributed by atoms with Crippen LogP contribution in [0.25, 0.3) is 0 Å². The maximum Gasteiger partial charge on any atom is 0.251 e. The Bertz CT molecular complexity index is 606. The molecule has 0 bridgehead atoms. The van der Waals surface area contributed by atoms with Crippen LogP contribution in [0.15, 0.2) is 30.9 Å². The van der Waals surface area contributed by atoms with Gasteiger partial charge in [0.05, 0.1) is 20.0 Å². The summed E-state index contributed by atoms with van der Waals surface area (Å²) >= 11 is 0. The first-order chi connectivity index (χ1) is 10.4. The number of methoxy groups -OCH3 is 2. The Labute approximate surface area is 130 Å². The summed E-state index contributed by atoms with van der Waals surface area (Å²) < 4.78 is 35.6. The zero-order chi connectivity index (χ0) is 16.6. The summed E-state index contributed by atoms with van der Waals surface area (Å²) in [5, 5.41) is 2.54. The molecule has 8 heteroatoms. The van der Waals surface area contributed by atoms with E-state index in [0.717, 1.165) is 0 Å². The van der Waals surface area contributed by atoms with Gasteiger partial charge in [-0.15, -0.1) is 6.58 Å². The normalized spacial score (nSPS) is 10.8. The number of rotatable bonds is 9. The largest absolute Gasteiger partial charge is 0.497 e. The number of carbonyl (C=O) groups is 1. The molecule has 7 nitrogen and oxygen atoms in total. The third-order valence-corrected chi connectivity index (χ3v) is 4.07. The zero-order valence-corrected chi connectivity index (χ0v) is 13.4. The van der Waals surface area contributed by atoms with Gasteiger partial charge in [-0.05, 0) is 12.1 Å². The molecular formula is C14H20N2O5S. The minimum absolute atomic E-state index is 0.00909. The van der Waals surface area contributed by atoms with Crippen LogP contribution in [0.4, 0.5) is 0 Å². The molecule has 0 fully saturated rings. The Morgan fingerprint density at radius 3 is 2.32 bits per heavy atom. The maximum atomic E-state index is 12.0. The van der Waals surface area contributed by atoms with E-state index in [1.165, 1.54) is 20.3 Å². The molecule has 0 saturated carbocycles. The van der Waals surface area contributed by atoms with Crippen molar-refractivity contribution in [3.8, 4) is 11.5 Å². The van der Waals surface area contributed by atoms with Gasteiger partial charge in [0, 0.05) is 24.7 Å². The van der Waals surface area contributed by atoms with Gasteiger partial charge in [-0.2, -0.15) is 0 Å². The molecule has 0 aliphatic carbocycles. The van der Waals surface area contributed by atoms with Gasteiger partial charge < -0.3 is 14.8 Å². The third kappa shape index (κ3) is 5.74. The molecule has 1 aromatic rings. The van der Waals surface area contributed by atoms with E-state index in [4.69, 9.17) is 9.47 Å². The van der Waals surface area contributed by atoms with Crippen LogP contribution in [-0.2, 0) is 10.0 Å². The number of amides is 1. The molecule has 0 saturated heterocycles. The summed E-state index contributed by atoms with van der Waals surface area (Å²) in [5.41, 5.74) is 0.327. The lowest BCUT2D eigenvalue weighted by Gasteiger charge is -2.09. The van der Waals surface area contributed by atoms with E-state index in [1.54, 1.807) is 18.2 Å². The first-order valence-corrected chi connectivity index (χ1v) is 8.16. The summed E-state index contributed by atoms with van der Waals surface area (Å²) in [7, 11) is -0.472. The first kappa shape index (κ1) is 18.0. The van der Waals surface area contributed by atoms with E-state index in [0.29, 0.717) is 17.1 Å². The van der Waals surface area contributed by atoms with Gasteiger partial charge in [0.25, 0.3) is 5.91 Å². The van der Waals surface area contributed by atoms with Gasteiger partial charge in [0.1, 0.15) is 11.5 Å². The van der Waals surface area contributed by atoms with E-state index >= 15 is 0 Å². The van der Waals surface area contributed by atoms with Crippen LogP contribution in [0.2, 0.25) is 0 Å². The van der Waals surface area contributed by atoms with E-state index in [2.05, 4.69) is 16.6 Å². The second-order valence-electron chi connectivity index (χ2n) is 4.31. The highest BCUT2D eigenvalue weighted by Gasteiger charge is 2.12. The van der Waals surface area contributed by atoms with Crippen LogP contribution >= 0.6 is 0 Å². The Kier molecular flexibility index (Phi) is 6.87. The van der Waals surface area contributed by atoms with Crippen LogP contribution in [0, 0.1) is 0 Å². The van der Waals surface area contributed by atoms with Crippen molar-refractivity contribution in [3.05, 3.63) is 36.4 Å². The zero-order valence-electron chi connectivity index (χ0n) is 12.6. The number of hydrogen-bond acceptors (Lipinski definition) is 5. The van der Waals surface area contributed by atoms with Gasteiger partial charge in [-0.25, -0.2) is 13.1 Å². The smallest absolute Gasteiger partial charge is 0.251 e. The van der Waals surface area contributed by atoms with Gasteiger partial charge in [-0.3, -0.25) is 4.79 Å². The maximum absolute atomic E-state index is 12.0. The molecule has 0 spiro atoms. The van der Waals surface area contributed by atoms with Crippen molar-refractivity contribution in [2.24, 2.45) is 0 Å². The molecular weight excluding hydrogens is 308 g/mol. The number of hydrogen-bond donors (Lipinski definition) is 2. The molecule has 1 aromatic carbocycles. The fourth-order valence-corrected chi connectivity index (χ4v) is 2.48. The molecule has 2 N–H and O–H groups in total. The summed E-state index contributed by atoms with van der Waals surface area (Å²) in [6.45, 7) is 3.57. The fraction of sp³-hybridized carbons (Fsp3) is 0.357. The molecule has 0 radical (unpaired) electrons. The van der Waals surface area contributed by atoms with Crippen LogP contribution in [-0.4, -0.2) is 47.4 Å². The van der Waals surface area contributed by atoms with Crippen molar-refractivity contribution >= 4 is 15.9 Å². The van der Waals surface area contributed by atoms with Crippen molar-refractivity contribution < 1.29 is 22.7 Å². The summed E-state index contributed by atoms with van der Waals surface area (Å²) in [6.07, 6.45) is 1.44. The number of ether oxygens (including phenoxy) is 2. The van der Waals surface area contributed by atoms with Crippen molar-refractivity contribution in [1.29, 1.82) is 0 Å². The third-order valence-electron chi connectivity index (χ3n) is 2.72. The van der Waals surface area contributed by atoms with E-state index in [1.807, 2.05) is 0 Å². The SMILES string of the molecule is C=CCNS(=O)(=O)CCNC(=O)c1cc(OC)cc(OC)c1. The number of nitrogens with one attached hydrogen (secondary N) is 2.